The molecule has 6 heteroatoms. The molecule has 3 rings (SSSR count). The van der Waals surface area contributed by atoms with Crippen molar-refractivity contribution in [2.45, 2.75) is 13.8 Å². The average molecular weight is 308 g/mol. The molecule has 6 nitrogen and oxygen atoms in total. The summed E-state index contributed by atoms with van der Waals surface area (Å²) in [6.45, 7) is 3.46. The van der Waals surface area contributed by atoms with E-state index < -0.39 is 11.5 Å². The van der Waals surface area contributed by atoms with Gasteiger partial charge < -0.3 is 9.88 Å². The highest BCUT2D eigenvalue weighted by Crippen LogP contribution is 2.16. The molecule has 0 fully saturated rings. The molecule has 0 aliphatic carbocycles. The molecule has 0 unspecified atom stereocenters. The number of rotatable bonds is 3. The average Bonchev–Trinajstić information content (AvgIpc) is 3.06. The van der Waals surface area contributed by atoms with Crippen LogP contribution in [0, 0.1) is 13.8 Å². The largest absolute Gasteiger partial charge is 0.324 e. The first-order valence-electron chi connectivity index (χ1n) is 7.17. The number of nitrogens with one attached hydrogen (secondary N) is 2. The maximum absolute atomic E-state index is 12.4. The Morgan fingerprint density at radius 3 is 2.65 bits per heavy atom. The van der Waals surface area contributed by atoms with Crippen molar-refractivity contribution in [3.8, 4) is 5.69 Å². The molecular weight excluding hydrogens is 292 g/mol. The monoisotopic (exact) mass is 308 g/mol. The minimum atomic E-state index is -0.493. The highest BCUT2D eigenvalue weighted by Gasteiger charge is 2.16. The Labute approximate surface area is 132 Å². The van der Waals surface area contributed by atoms with E-state index in [4.69, 9.17) is 0 Å². The lowest BCUT2D eigenvalue weighted by Gasteiger charge is -2.10. The van der Waals surface area contributed by atoms with Crippen molar-refractivity contribution in [2.75, 3.05) is 5.32 Å². The van der Waals surface area contributed by atoms with Crippen molar-refractivity contribution in [1.29, 1.82) is 0 Å². The van der Waals surface area contributed by atoms with E-state index in [0.29, 0.717) is 16.9 Å². The summed E-state index contributed by atoms with van der Waals surface area (Å²) in [5.74, 6) is -0.445. The maximum atomic E-state index is 12.4. The molecule has 0 radical (unpaired) electrons. The molecular formula is C17H16N4O2. The van der Waals surface area contributed by atoms with E-state index in [2.05, 4.69) is 15.5 Å². The first kappa shape index (κ1) is 14.8. The normalized spacial score (nSPS) is 10.5. The molecule has 0 saturated heterocycles. The molecule has 0 atom stereocenters. The lowest BCUT2D eigenvalue weighted by Crippen LogP contribution is -2.26. The smallest absolute Gasteiger partial charge is 0.277 e. The van der Waals surface area contributed by atoms with Gasteiger partial charge in [-0.2, -0.15) is 5.10 Å². The number of hydrogen-bond acceptors (Lipinski definition) is 3. The van der Waals surface area contributed by atoms with Crippen LogP contribution in [0.2, 0.25) is 0 Å². The van der Waals surface area contributed by atoms with Crippen molar-refractivity contribution in [2.24, 2.45) is 0 Å². The summed E-state index contributed by atoms with van der Waals surface area (Å²) in [6.07, 6.45) is 3.84. The van der Waals surface area contributed by atoms with Gasteiger partial charge in [0.1, 0.15) is 5.56 Å². The molecule has 23 heavy (non-hydrogen) atoms. The highest BCUT2D eigenvalue weighted by molar-refractivity contribution is 6.05. The summed E-state index contributed by atoms with van der Waals surface area (Å²) in [4.78, 5) is 24.3. The van der Waals surface area contributed by atoms with Crippen LogP contribution in [0.25, 0.3) is 5.69 Å². The first-order valence-corrected chi connectivity index (χ1v) is 7.17. The Kier molecular flexibility index (Phi) is 3.80. The molecule has 0 aliphatic rings. The van der Waals surface area contributed by atoms with E-state index in [-0.39, 0.29) is 5.56 Å². The Morgan fingerprint density at radius 2 is 1.91 bits per heavy atom. The van der Waals surface area contributed by atoms with E-state index in [1.807, 2.05) is 47.3 Å². The molecule has 1 amide bonds. The van der Waals surface area contributed by atoms with Crippen LogP contribution in [-0.4, -0.2) is 20.7 Å². The number of aromatic nitrogens is 3. The van der Waals surface area contributed by atoms with Gasteiger partial charge in [-0.3, -0.25) is 9.59 Å². The molecule has 2 aromatic heterocycles. The van der Waals surface area contributed by atoms with Gasteiger partial charge in [0.05, 0.1) is 5.69 Å². The zero-order valence-corrected chi connectivity index (χ0v) is 12.8. The molecule has 0 aliphatic heterocycles. The van der Waals surface area contributed by atoms with Crippen molar-refractivity contribution in [1.82, 2.24) is 14.8 Å². The summed E-state index contributed by atoms with van der Waals surface area (Å²) in [6, 6.07) is 11.3. The van der Waals surface area contributed by atoms with E-state index in [1.165, 1.54) is 0 Å². The lowest BCUT2D eigenvalue weighted by molar-refractivity contribution is 0.102. The number of nitrogens with zero attached hydrogens (tertiary/aromatic N) is 2. The number of amides is 1. The summed E-state index contributed by atoms with van der Waals surface area (Å²) in [7, 11) is 0. The summed E-state index contributed by atoms with van der Waals surface area (Å²) >= 11 is 0. The second kappa shape index (κ2) is 5.92. The van der Waals surface area contributed by atoms with Gasteiger partial charge in [-0.1, -0.05) is 6.07 Å². The van der Waals surface area contributed by atoms with Crippen molar-refractivity contribution in [3.05, 3.63) is 76.0 Å². The minimum Gasteiger partial charge on any atom is -0.324 e. The summed E-state index contributed by atoms with van der Waals surface area (Å²) in [5, 5.41) is 8.96. The van der Waals surface area contributed by atoms with Gasteiger partial charge in [0.2, 0.25) is 0 Å². The van der Waals surface area contributed by atoms with Gasteiger partial charge in [-0.15, -0.1) is 0 Å². The number of benzene rings is 1. The van der Waals surface area contributed by atoms with Gasteiger partial charge in [-0.25, -0.2) is 5.10 Å². The molecule has 1 aromatic carbocycles. The number of carbonyl (C=O) groups is 1. The second-order valence-electron chi connectivity index (χ2n) is 5.23. The number of hydrogen-bond donors (Lipinski definition) is 2. The predicted molar refractivity (Wildman–Crippen MR) is 88.1 cm³/mol. The fourth-order valence-electron chi connectivity index (χ4n) is 2.34. The standard InChI is InChI=1S/C17H16N4O2/c1-11-12(2)19-20-17(23)15(11)16(22)18-13-6-5-7-14(10-13)21-8-3-4-9-21/h3-10H,1-2H3,(H,18,22)(H,20,23). The van der Waals surface area contributed by atoms with Crippen LogP contribution in [0.15, 0.2) is 53.6 Å². The maximum Gasteiger partial charge on any atom is 0.277 e. The Bertz CT molecular complexity index is 911. The van der Waals surface area contributed by atoms with Crippen molar-refractivity contribution in [3.63, 3.8) is 0 Å². The van der Waals surface area contributed by atoms with Gasteiger partial charge in [0.15, 0.2) is 0 Å². The second-order valence-corrected chi connectivity index (χ2v) is 5.23. The molecule has 2 heterocycles. The van der Waals surface area contributed by atoms with Crippen LogP contribution in [0.5, 0.6) is 0 Å². The Hall–Kier alpha value is -3.15. The fourth-order valence-corrected chi connectivity index (χ4v) is 2.34. The van der Waals surface area contributed by atoms with E-state index >= 15 is 0 Å². The Morgan fingerprint density at radius 1 is 1.17 bits per heavy atom. The zero-order valence-electron chi connectivity index (χ0n) is 12.8. The number of aryl methyl sites for hydroxylation is 1. The van der Waals surface area contributed by atoms with Gasteiger partial charge in [0, 0.05) is 23.8 Å². The van der Waals surface area contributed by atoms with Crippen molar-refractivity contribution >= 4 is 11.6 Å². The third-order valence-electron chi connectivity index (χ3n) is 3.70. The molecule has 3 aromatic rings. The highest BCUT2D eigenvalue weighted by atomic mass is 16.2. The molecule has 2 N–H and O–H groups in total. The lowest BCUT2D eigenvalue weighted by atomic mass is 10.1. The topological polar surface area (TPSA) is 79.8 Å². The minimum absolute atomic E-state index is 0.0869. The van der Waals surface area contributed by atoms with Crippen LogP contribution in [0.4, 0.5) is 5.69 Å². The quantitative estimate of drug-likeness (QED) is 0.780. The van der Waals surface area contributed by atoms with Crippen LogP contribution >= 0.6 is 0 Å². The third kappa shape index (κ3) is 2.91. The zero-order chi connectivity index (χ0) is 16.4. The van der Waals surface area contributed by atoms with Gasteiger partial charge in [0.25, 0.3) is 11.5 Å². The Balaban J connectivity index is 1.91. The van der Waals surface area contributed by atoms with Gasteiger partial charge in [-0.05, 0) is 49.7 Å². The number of H-pyrrole nitrogens is 1. The fraction of sp³-hybridized carbons (Fsp3) is 0.118. The van der Waals surface area contributed by atoms with Crippen molar-refractivity contribution < 1.29 is 4.79 Å². The molecule has 0 saturated carbocycles. The van der Waals surface area contributed by atoms with Crippen LogP contribution in [-0.2, 0) is 0 Å². The SMILES string of the molecule is Cc1n[nH]c(=O)c(C(=O)Nc2cccc(-n3cccc3)c2)c1C. The van der Waals surface area contributed by atoms with Gasteiger partial charge >= 0.3 is 0 Å². The number of carbonyl (C=O) groups excluding carboxylic acids is 1. The number of aromatic amines is 1. The molecule has 0 bridgehead atoms. The predicted octanol–water partition coefficient (Wildman–Crippen LogP) is 2.43. The van der Waals surface area contributed by atoms with E-state index in [9.17, 15) is 9.59 Å². The van der Waals surface area contributed by atoms with Crippen LogP contribution in [0.3, 0.4) is 0 Å². The summed E-state index contributed by atoms with van der Waals surface area (Å²) < 4.78 is 1.93. The number of anilines is 1. The first-order chi connectivity index (χ1) is 11.1. The van der Waals surface area contributed by atoms with Crippen LogP contribution in [0.1, 0.15) is 21.6 Å². The molecule has 0 spiro atoms. The van der Waals surface area contributed by atoms with E-state index in [1.54, 1.807) is 19.9 Å². The van der Waals surface area contributed by atoms with Crippen LogP contribution < -0.4 is 10.9 Å². The third-order valence-corrected chi connectivity index (χ3v) is 3.70. The summed E-state index contributed by atoms with van der Waals surface area (Å²) in [5.41, 5.74) is 2.33. The van der Waals surface area contributed by atoms with E-state index in [0.717, 1.165) is 5.69 Å². The molecule has 116 valence electrons.